The second-order valence-corrected chi connectivity index (χ2v) is 5.01. The first-order valence-electron chi connectivity index (χ1n) is 6.87. The summed E-state index contributed by atoms with van der Waals surface area (Å²) < 4.78 is 5.62. The van der Waals surface area contributed by atoms with Gasteiger partial charge in [-0.15, -0.1) is 0 Å². The Labute approximate surface area is 125 Å². The van der Waals surface area contributed by atoms with Crippen LogP contribution in [-0.4, -0.2) is 31.0 Å². The normalized spacial score (nSPS) is 10.2. The van der Waals surface area contributed by atoms with Gasteiger partial charge in [0.2, 0.25) is 0 Å². The molecule has 0 saturated carbocycles. The number of rotatable bonds is 5. The van der Waals surface area contributed by atoms with E-state index in [4.69, 9.17) is 10.5 Å². The minimum absolute atomic E-state index is 0.0393. The largest absolute Gasteiger partial charge is 0.492 e. The summed E-state index contributed by atoms with van der Waals surface area (Å²) in [6.07, 6.45) is 0. The molecular weight excluding hydrogens is 264 g/mol. The van der Waals surface area contributed by atoms with Crippen molar-refractivity contribution in [3.05, 3.63) is 59.7 Å². The molecule has 4 nitrogen and oxygen atoms in total. The van der Waals surface area contributed by atoms with Crippen LogP contribution in [0.1, 0.15) is 15.9 Å². The van der Waals surface area contributed by atoms with E-state index >= 15 is 0 Å². The molecule has 0 saturated heterocycles. The Kier molecular flexibility index (Phi) is 4.82. The Morgan fingerprint density at radius 2 is 1.71 bits per heavy atom. The van der Waals surface area contributed by atoms with Crippen LogP contribution in [0.3, 0.4) is 0 Å². The maximum absolute atomic E-state index is 12.2. The van der Waals surface area contributed by atoms with Gasteiger partial charge < -0.3 is 15.4 Å². The van der Waals surface area contributed by atoms with Crippen molar-refractivity contribution in [3.63, 3.8) is 0 Å². The van der Waals surface area contributed by atoms with Crippen molar-refractivity contribution < 1.29 is 9.53 Å². The van der Waals surface area contributed by atoms with Crippen molar-refractivity contribution in [1.29, 1.82) is 0 Å². The third-order valence-electron chi connectivity index (χ3n) is 3.22. The van der Waals surface area contributed by atoms with E-state index in [1.807, 2.05) is 31.2 Å². The SMILES string of the molecule is Cc1ccc(OCCN(C)C(=O)c2ccc(N)cc2)cc1. The van der Waals surface area contributed by atoms with Crippen LogP contribution in [0.5, 0.6) is 5.75 Å². The maximum atomic E-state index is 12.2. The minimum atomic E-state index is -0.0393. The van der Waals surface area contributed by atoms with Crippen molar-refractivity contribution in [1.82, 2.24) is 4.90 Å². The number of likely N-dealkylation sites (N-methyl/N-ethyl adjacent to an activating group) is 1. The number of carbonyl (C=O) groups excluding carboxylic acids is 1. The maximum Gasteiger partial charge on any atom is 0.253 e. The van der Waals surface area contributed by atoms with Crippen molar-refractivity contribution in [2.75, 3.05) is 25.9 Å². The average Bonchev–Trinajstić information content (AvgIpc) is 2.49. The Hall–Kier alpha value is -2.49. The molecule has 0 fully saturated rings. The van der Waals surface area contributed by atoms with Gasteiger partial charge in [0, 0.05) is 18.3 Å². The van der Waals surface area contributed by atoms with Gasteiger partial charge in [-0.05, 0) is 43.3 Å². The molecule has 110 valence electrons. The molecule has 1 amide bonds. The van der Waals surface area contributed by atoms with Gasteiger partial charge in [0.25, 0.3) is 5.91 Å². The second kappa shape index (κ2) is 6.79. The van der Waals surface area contributed by atoms with E-state index < -0.39 is 0 Å². The molecule has 4 heteroatoms. The zero-order chi connectivity index (χ0) is 15.2. The molecule has 2 aromatic rings. The number of anilines is 1. The first-order valence-corrected chi connectivity index (χ1v) is 6.87. The topological polar surface area (TPSA) is 55.6 Å². The highest BCUT2D eigenvalue weighted by molar-refractivity contribution is 5.94. The average molecular weight is 284 g/mol. The molecule has 2 aromatic carbocycles. The molecule has 0 bridgehead atoms. The number of nitrogens with zero attached hydrogens (tertiary/aromatic N) is 1. The molecule has 0 unspecified atom stereocenters. The molecule has 0 aliphatic heterocycles. The van der Waals surface area contributed by atoms with Gasteiger partial charge in [-0.2, -0.15) is 0 Å². The fourth-order valence-corrected chi connectivity index (χ4v) is 1.88. The number of nitrogens with two attached hydrogens (primary N) is 1. The monoisotopic (exact) mass is 284 g/mol. The molecule has 0 aromatic heterocycles. The fourth-order valence-electron chi connectivity index (χ4n) is 1.88. The number of carbonyl (C=O) groups is 1. The molecule has 0 atom stereocenters. The van der Waals surface area contributed by atoms with Crippen molar-refractivity contribution in [3.8, 4) is 5.75 Å². The third kappa shape index (κ3) is 4.24. The van der Waals surface area contributed by atoms with E-state index in [2.05, 4.69) is 0 Å². The lowest BCUT2D eigenvalue weighted by Crippen LogP contribution is -2.30. The molecule has 0 spiro atoms. The summed E-state index contributed by atoms with van der Waals surface area (Å²) >= 11 is 0. The lowest BCUT2D eigenvalue weighted by molar-refractivity contribution is 0.0774. The van der Waals surface area contributed by atoms with Gasteiger partial charge in [-0.3, -0.25) is 4.79 Å². The lowest BCUT2D eigenvalue weighted by atomic mass is 10.2. The molecule has 2 N–H and O–H groups in total. The van der Waals surface area contributed by atoms with Crippen LogP contribution in [0.4, 0.5) is 5.69 Å². The van der Waals surface area contributed by atoms with E-state index in [1.165, 1.54) is 5.56 Å². The van der Waals surface area contributed by atoms with Crippen molar-refractivity contribution >= 4 is 11.6 Å². The molecule has 2 rings (SSSR count). The van der Waals surface area contributed by atoms with Gasteiger partial charge in [0.1, 0.15) is 12.4 Å². The third-order valence-corrected chi connectivity index (χ3v) is 3.22. The van der Waals surface area contributed by atoms with Gasteiger partial charge in [0.15, 0.2) is 0 Å². The Morgan fingerprint density at radius 1 is 1.10 bits per heavy atom. The van der Waals surface area contributed by atoms with E-state index in [-0.39, 0.29) is 5.91 Å². The zero-order valence-corrected chi connectivity index (χ0v) is 12.4. The van der Waals surface area contributed by atoms with Crippen molar-refractivity contribution in [2.45, 2.75) is 6.92 Å². The summed E-state index contributed by atoms with van der Waals surface area (Å²) in [4.78, 5) is 13.8. The summed E-state index contributed by atoms with van der Waals surface area (Å²) in [6, 6.07) is 14.8. The fraction of sp³-hybridized carbons (Fsp3) is 0.235. The summed E-state index contributed by atoms with van der Waals surface area (Å²) in [7, 11) is 1.76. The number of ether oxygens (including phenoxy) is 1. The van der Waals surface area contributed by atoms with Crippen LogP contribution in [0.2, 0.25) is 0 Å². The Morgan fingerprint density at radius 3 is 2.33 bits per heavy atom. The standard InChI is InChI=1S/C17H20N2O2/c1-13-3-9-16(10-4-13)21-12-11-19(2)17(20)14-5-7-15(18)8-6-14/h3-10H,11-12,18H2,1-2H3. The highest BCUT2D eigenvalue weighted by Crippen LogP contribution is 2.12. The van der Waals surface area contributed by atoms with Crippen LogP contribution in [0.15, 0.2) is 48.5 Å². The number of hydrogen-bond donors (Lipinski definition) is 1. The van der Waals surface area contributed by atoms with E-state index in [0.29, 0.717) is 24.4 Å². The predicted molar refractivity (Wildman–Crippen MR) is 84.5 cm³/mol. The predicted octanol–water partition coefficient (Wildman–Crippen LogP) is 2.73. The smallest absolute Gasteiger partial charge is 0.253 e. The van der Waals surface area contributed by atoms with Gasteiger partial charge >= 0.3 is 0 Å². The van der Waals surface area contributed by atoms with Crippen LogP contribution in [0.25, 0.3) is 0 Å². The van der Waals surface area contributed by atoms with Crippen LogP contribution < -0.4 is 10.5 Å². The molecule has 21 heavy (non-hydrogen) atoms. The molecule has 0 aliphatic carbocycles. The summed E-state index contributed by atoms with van der Waals surface area (Å²) in [6.45, 7) is 3.01. The van der Waals surface area contributed by atoms with Gasteiger partial charge in [0.05, 0.1) is 6.54 Å². The van der Waals surface area contributed by atoms with E-state index in [9.17, 15) is 4.79 Å². The number of aryl methyl sites for hydroxylation is 1. The first kappa shape index (κ1) is 14.9. The number of amides is 1. The Bertz CT molecular complexity index is 591. The molecular formula is C17H20N2O2. The molecule has 0 aliphatic rings. The molecule has 0 heterocycles. The van der Waals surface area contributed by atoms with E-state index in [1.54, 1.807) is 36.2 Å². The van der Waals surface area contributed by atoms with Crippen LogP contribution >= 0.6 is 0 Å². The zero-order valence-electron chi connectivity index (χ0n) is 12.4. The summed E-state index contributed by atoms with van der Waals surface area (Å²) in [5.74, 6) is 0.774. The van der Waals surface area contributed by atoms with Gasteiger partial charge in [-0.25, -0.2) is 0 Å². The highest BCUT2D eigenvalue weighted by Gasteiger charge is 2.11. The van der Waals surface area contributed by atoms with Crippen LogP contribution in [-0.2, 0) is 0 Å². The Balaban J connectivity index is 1.83. The second-order valence-electron chi connectivity index (χ2n) is 5.01. The van der Waals surface area contributed by atoms with Crippen molar-refractivity contribution in [2.24, 2.45) is 0 Å². The summed E-state index contributed by atoms with van der Waals surface area (Å²) in [5.41, 5.74) is 8.08. The highest BCUT2D eigenvalue weighted by atomic mass is 16.5. The number of nitrogen functional groups attached to an aromatic ring is 1. The molecule has 0 radical (unpaired) electrons. The first-order chi connectivity index (χ1) is 10.1. The van der Waals surface area contributed by atoms with E-state index in [0.717, 1.165) is 5.75 Å². The quantitative estimate of drug-likeness (QED) is 0.859. The van der Waals surface area contributed by atoms with Crippen LogP contribution in [0, 0.1) is 6.92 Å². The van der Waals surface area contributed by atoms with Gasteiger partial charge in [-0.1, -0.05) is 17.7 Å². The minimum Gasteiger partial charge on any atom is -0.492 e. The lowest BCUT2D eigenvalue weighted by Gasteiger charge is -2.17. The summed E-state index contributed by atoms with van der Waals surface area (Å²) in [5, 5.41) is 0. The number of hydrogen-bond acceptors (Lipinski definition) is 3. The number of benzene rings is 2.